The molecule has 5 rings (SSSR count). The van der Waals surface area contributed by atoms with Gasteiger partial charge in [0.25, 0.3) is 0 Å². The molecule has 3 nitrogen and oxygen atoms in total. The number of aliphatic hydroxyl groups excluding tert-OH is 1. The van der Waals surface area contributed by atoms with Crippen molar-refractivity contribution >= 4 is 5.97 Å². The average Bonchev–Trinajstić information content (AvgIpc) is 3.18. The molecule has 0 unspecified atom stereocenters. The van der Waals surface area contributed by atoms with E-state index in [2.05, 4.69) is 19.9 Å². The van der Waals surface area contributed by atoms with E-state index >= 15 is 0 Å². The first-order valence-electron chi connectivity index (χ1n) is 10.7. The van der Waals surface area contributed by atoms with E-state index in [1.807, 2.05) is 0 Å². The molecule has 26 heavy (non-hydrogen) atoms. The second kappa shape index (κ2) is 5.70. The highest BCUT2D eigenvalue weighted by Gasteiger charge is 2.58. The summed E-state index contributed by atoms with van der Waals surface area (Å²) in [6, 6.07) is 0. The summed E-state index contributed by atoms with van der Waals surface area (Å²) < 4.78 is 5.23. The lowest BCUT2D eigenvalue weighted by molar-refractivity contribution is -0.135. The van der Waals surface area contributed by atoms with Crippen LogP contribution in [0.2, 0.25) is 0 Å². The largest absolute Gasteiger partial charge is 0.458 e. The van der Waals surface area contributed by atoms with Crippen LogP contribution >= 0.6 is 0 Å². The number of aliphatic hydroxyl groups is 1. The van der Waals surface area contributed by atoms with Gasteiger partial charge < -0.3 is 9.84 Å². The van der Waals surface area contributed by atoms with Crippen LogP contribution in [0.1, 0.15) is 65.2 Å². The van der Waals surface area contributed by atoms with E-state index in [-0.39, 0.29) is 17.5 Å². The minimum absolute atomic E-state index is 0.0691. The van der Waals surface area contributed by atoms with Crippen molar-refractivity contribution in [1.29, 1.82) is 0 Å². The molecule has 3 saturated carbocycles. The molecule has 7 atom stereocenters. The van der Waals surface area contributed by atoms with Gasteiger partial charge in [-0.3, -0.25) is 0 Å². The summed E-state index contributed by atoms with van der Waals surface area (Å²) in [5.74, 6) is 2.51. The lowest BCUT2D eigenvalue weighted by Crippen LogP contribution is -2.52. The molecule has 1 heterocycles. The highest BCUT2D eigenvalue weighted by atomic mass is 16.5. The first-order valence-corrected chi connectivity index (χ1v) is 10.7. The number of esters is 1. The third-order valence-electron chi connectivity index (χ3n) is 9.17. The van der Waals surface area contributed by atoms with Crippen LogP contribution in [-0.4, -0.2) is 23.8 Å². The van der Waals surface area contributed by atoms with Crippen molar-refractivity contribution in [3.63, 3.8) is 0 Å². The molecule has 0 aromatic heterocycles. The molecule has 0 saturated heterocycles. The monoisotopic (exact) mass is 356 g/mol. The van der Waals surface area contributed by atoms with Gasteiger partial charge in [-0.25, -0.2) is 4.79 Å². The van der Waals surface area contributed by atoms with Crippen LogP contribution in [0, 0.1) is 34.5 Å². The molecule has 4 aliphatic carbocycles. The van der Waals surface area contributed by atoms with Gasteiger partial charge in [0.2, 0.25) is 0 Å². The molecule has 3 fully saturated rings. The standard InChI is InChI=1S/C23H32O3/c1-22-9-7-16(24)12-15(22)3-4-17-19-6-5-18(14-11-21(25)26-13-14)23(19,2)10-8-20(17)22/h6,11,15-18,20,24H,3-5,7-10,12-13H2,1-2H3/t15-,16-,17-,18+,20-,22-,23+/m0/s1. The summed E-state index contributed by atoms with van der Waals surface area (Å²) in [6.45, 7) is 5.49. The zero-order valence-electron chi connectivity index (χ0n) is 16.2. The Morgan fingerprint density at radius 3 is 2.77 bits per heavy atom. The van der Waals surface area contributed by atoms with Crippen LogP contribution in [0.25, 0.3) is 0 Å². The van der Waals surface area contributed by atoms with Gasteiger partial charge >= 0.3 is 5.97 Å². The molecule has 0 radical (unpaired) electrons. The normalized spacial score (nSPS) is 50.3. The number of fused-ring (bicyclic) bond motifs is 5. The van der Waals surface area contributed by atoms with Gasteiger partial charge in [-0.1, -0.05) is 25.5 Å². The lowest BCUT2D eigenvalue weighted by Gasteiger charge is -2.59. The van der Waals surface area contributed by atoms with Crippen LogP contribution < -0.4 is 0 Å². The summed E-state index contributed by atoms with van der Waals surface area (Å²) in [5.41, 5.74) is 3.56. The van der Waals surface area contributed by atoms with Crippen molar-refractivity contribution in [3.8, 4) is 0 Å². The minimum Gasteiger partial charge on any atom is -0.458 e. The maximum Gasteiger partial charge on any atom is 0.331 e. The van der Waals surface area contributed by atoms with Crippen molar-refractivity contribution in [2.24, 2.45) is 34.5 Å². The highest BCUT2D eigenvalue weighted by molar-refractivity contribution is 5.85. The van der Waals surface area contributed by atoms with E-state index in [9.17, 15) is 9.90 Å². The molecule has 142 valence electrons. The van der Waals surface area contributed by atoms with Crippen molar-refractivity contribution < 1.29 is 14.6 Å². The minimum atomic E-state index is -0.153. The smallest absolute Gasteiger partial charge is 0.331 e. The molecular formula is C23H32O3. The number of cyclic esters (lactones) is 1. The fourth-order valence-electron chi connectivity index (χ4n) is 7.72. The number of hydrogen-bond acceptors (Lipinski definition) is 3. The fraction of sp³-hybridized carbons (Fsp3) is 0.783. The van der Waals surface area contributed by atoms with Gasteiger partial charge in [0, 0.05) is 6.08 Å². The third-order valence-corrected chi connectivity index (χ3v) is 9.17. The van der Waals surface area contributed by atoms with E-state index < -0.39 is 0 Å². The summed E-state index contributed by atoms with van der Waals surface area (Å²) in [4.78, 5) is 11.6. The number of carbonyl (C=O) groups excluding carboxylic acids is 1. The van der Waals surface area contributed by atoms with Gasteiger partial charge in [-0.05, 0) is 91.4 Å². The molecule has 1 N–H and O–H groups in total. The van der Waals surface area contributed by atoms with Gasteiger partial charge in [0.1, 0.15) is 6.61 Å². The molecule has 0 aromatic carbocycles. The summed E-state index contributed by atoms with van der Waals surface area (Å²) in [7, 11) is 0. The Balaban J connectivity index is 1.43. The molecular weight excluding hydrogens is 324 g/mol. The summed E-state index contributed by atoms with van der Waals surface area (Å²) in [5, 5.41) is 10.2. The Hall–Kier alpha value is -1.09. The van der Waals surface area contributed by atoms with Crippen molar-refractivity contribution in [2.75, 3.05) is 6.61 Å². The third kappa shape index (κ3) is 2.25. The first kappa shape index (κ1) is 17.0. The Bertz CT molecular complexity index is 692. The molecule has 0 spiro atoms. The van der Waals surface area contributed by atoms with Crippen LogP contribution in [0.3, 0.4) is 0 Å². The number of rotatable bonds is 1. The van der Waals surface area contributed by atoms with Gasteiger partial charge in [-0.2, -0.15) is 0 Å². The van der Waals surface area contributed by atoms with Crippen molar-refractivity contribution in [1.82, 2.24) is 0 Å². The van der Waals surface area contributed by atoms with Gasteiger partial charge in [0.15, 0.2) is 0 Å². The zero-order chi connectivity index (χ0) is 18.1. The quantitative estimate of drug-likeness (QED) is 0.559. The number of allylic oxidation sites excluding steroid dienone is 2. The summed E-state index contributed by atoms with van der Waals surface area (Å²) >= 11 is 0. The average molecular weight is 357 g/mol. The molecule has 0 aromatic rings. The molecule has 5 aliphatic rings. The van der Waals surface area contributed by atoms with Crippen molar-refractivity contribution in [3.05, 3.63) is 23.3 Å². The molecule has 3 heteroatoms. The Labute approximate surface area is 156 Å². The Morgan fingerprint density at radius 2 is 2.00 bits per heavy atom. The molecule has 0 amide bonds. The second-order valence-electron chi connectivity index (χ2n) is 10.2. The Kier molecular flexibility index (Phi) is 3.74. The Morgan fingerprint density at radius 1 is 1.15 bits per heavy atom. The number of ether oxygens (including phenoxy) is 1. The van der Waals surface area contributed by atoms with Crippen LogP contribution in [-0.2, 0) is 9.53 Å². The SMILES string of the molecule is C[C@]12CC[C@H](O)C[C@@H]1CC[C@H]1C3=CC[C@H](C4=CC(=O)OC4)[C@@]3(C)CC[C@@H]12. The van der Waals surface area contributed by atoms with E-state index in [4.69, 9.17) is 4.74 Å². The van der Waals surface area contributed by atoms with Crippen LogP contribution in [0.15, 0.2) is 23.3 Å². The van der Waals surface area contributed by atoms with Crippen molar-refractivity contribution in [2.45, 2.75) is 71.3 Å². The number of hydrogen-bond donors (Lipinski definition) is 1. The second-order valence-corrected chi connectivity index (χ2v) is 10.2. The predicted octanol–water partition coefficient (Wildman–Crippen LogP) is 4.41. The van der Waals surface area contributed by atoms with E-state index in [0.717, 1.165) is 25.2 Å². The molecule has 0 bridgehead atoms. The van der Waals surface area contributed by atoms with Crippen LogP contribution in [0.4, 0.5) is 0 Å². The van der Waals surface area contributed by atoms with E-state index in [1.54, 1.807) is 11.6 Å². The predicted molar refractivity (Wildman–Crippen MR) is 100 cm³/mol. The first-order chi connectivity index (χ1) is 12.4. The lowest BCUT2D eigenvalue weighted by atomic mass is 9.45. The fourth-order valence-corrected chi connectivity index (χ4v) is 7.72. The maximum absolute atomic E-state index is 11.6. The van der Waals surface area contributed by atoms with E-state index in [0.29, 0.717) is 29.8 Å². The van der Waals surface area contributed by atoms with Gasteiger partial charge in [-0.15, -0.1) is 0 Å². The topological polar surface area (TPSA) is 46.5 Å². The van der Waals surface area contributed by atoms with E-state index in [1.165, 1.54) is 37.7 Å². The highest BCUT2D eigenvalue weighted by Crippen LogP contribution is 2.66. The summed E-state index contributed by atoms with van der Waals surface area (Å²) in [6.07, 6.45) is 13.6. The maximum atomic E-state index is 11.6. The van der Waals surface area contributed by atoms with Gasteiger partial charge in [0.05, 0.1) is 6.10 Å². The van der Waals surface area contributed by atoms with Crippen LogP contribution in [0.5, 0.6) is 0 Å². The molecule has 1 aliphatic heterocycles. The number of carbonyl (C=O) groups is 1. The zero-order valence-corrected chi connectivity index (χ0v) is 16.2.